The lowest BCUT2D eigenvalue weighted by Crippen LogP contribution is -2.32. The van der Waals surface area contributed by atoms with E-state index in [-0.39, 0.29) is 23.6 Å². The number of pyridine rings is 1. The van der Waals surface area contributed by atoms with E-state index in [4.69, 9.17) is 4.74 Å². The van der Waals surface area contributed by atoms with Gasteiger partial charge in [0.2, 0.25) is 5.91 Å². The van der Waals surface area contributed by atoms with E-state index in [1.54, 1.807) is 6.07 Å². The minimum atomic E-state index is -3.02. The molecule has 0 aliphatic carbocycles. The maximum absolute atomic E-state index is 12.4. The van der Waals surface area contributed by atoms with E-state index >= 15 is 0 Å². The number of methoxy groups -OCH3 is 1. The Hall–Kier alpha value is -3.75. The molecule has 0 aliphatic rings. The Kier molecular flexibility index (Phi) is 6.18. The Bertz CT molecular complexity index is 1040. The van der Waals surface area contributed by atoms with E-state index in [1.807, 2.05) is 24.3 Å². The van der Waals surface area contributed by atoms with Gasteiger partial charge in [0.1, 0.15) is 0 Å². The molecule has 0 saturated heterocycles. The summed E-state index contributed by atoms with van der Waals surface area (Å²) >= 11 is 0. The van der Waals surface area contributed by atoms with Crippen molar-refractivity contribution in [3.05, 3.63) is 60.3 Å². The van der Waals surface area contributed by atoms with Gasteiger partial charge < -0.3 is 20.1 Å². The maximum Gasteiger partial charge on any atom is 0.387 e. The van der Waals surface area contributed by atoms with Crippen LogP contribution in [-0.2, 0) is 4.79 Å². The van der Waals surface area contributed by atoms with Crippen molar-refractivity contribution in [3.63, 3.8) is 0 Å². The van der Waals surface area contributed by atoms with Crippen LogP contribution in [0.2, 0.25) is 0 Å². The molecule has 3 rings (SSSR count). The molecular formula is C20H17F2N3O4. The number of carbonyl (C=O) groups excluding carboxylic acids is 2. The molecule has 1 heterocycles. The number of hydrogen-bond acceptors (Lipinski definition) is 5. The minimum Gasteiger partial charge on any atom is -0.493 e. The van der Waals surface area contributed by atoms with Crippen molar-refractivity contribution in [1.29, 1.82) is 0 Å². The van der Waals surface area contributed by atoms with Gasteiger partial charge in [-0.05, 0) is 30.3 Å². The summed E-state index contributed by atoms with van der Waals surface area (Å²) in [5, 5.41) is 5.97. The SMILES string of the molecule is COc1cc(C(=O)NCC(=O)Nc2cnc3ccccc3c2)ccc1OC(F)F. The highest BCUT2D eigenvalue weighted by Gasteiger charge is 2.15. The maximum atomic E-state index is 12.4. The molecule has 0 saturated carbocycles. The average Bonchev–Trinajstić information content (AvgIpc) is 2.71. The summed E-state index contributed by atoms with van der Waals surface area (Å²) in [4.78, 5) is 28.6. The summed E-state index contributed by atoms with van der Waals surface area (Å²) in [5.41, 5.74) is 1.42. The van der Waals surface area contributed by atoms with Crippen molar-refractivity contribution in [2.45, 2.75) is 6.61 Å². The molecular weight excluding hydrogens is 384 g/mol. The first-order valence-electron chi connectivity index (χ1n) is 8.52. The molecule has 2 aromatic carbocycles. The van der Waals surface area contributed by atoms with Crippen LogP contribution in [0.1, 0.15) is 10.4 Å². The van der Waals surface area contributed by atoms with Crippen molar-refractivity contribution < 1.29 is 27.8 Å². The molecule has 0 fully saturated rings. The molecule has 0 aliphatic heterocycles. The molecule has 0 atom stereocenters. The Morgan fingerprint density at radius 1 is 1.10 bits per heavy atom. The number of halogens is 2. The average molecular weight is 401 g/mol. The molecule has 29 heavy (non-hydrogen) atoms. The Balaban J connectivity index is 1.59. The molecule has 1 aromatic heterocycles. The van der Waals surface area contributed by atoms with E-state index in [0.29, 0.717) is 5.69 Å². The lowest BCUT2D eigenvalue weighted by Gasteiger charge is -2.11. The first kappa shape index (κ1) is 20.0. The summed E-state index contributed by atoms with van der Waals surface area (Å²) in [6, 6.07) is 13.0. The molecule has 0 unspecified atom stereocenters. The number of alkyl halides is 2. The van der Waals surface area contributed by atoms with Crippen molar-refractivity contribution >= 4 is 28.4 Å². The van der Waals surface area contributed by atoms with Crippen molar-refractivity contribution in [2.24, 2.45) is 0 Å². The van der Waals surface area contributed by atoms with Crippen LogP contribution in [0.5, 0.6) is 11.5 Å². The van der Waals surface area contributed by atoms with Crippen molar-refractivity contribution in [3.8, 4) is 11.5 Å². The summed E-state index contributed by atoms with van der Waals surface area (Å²) in [6.45, 7) is -3.31. The first-order valence-corrected chi connectivity index (χ1v) is 8.52. The first-order chi connectivity index (χ1) is 14.0. The topological polar surface area (TPSA) is 89.5 Å². The number of aromatic nitrogens is 1. The van der Waals surface area contributed by atoms with Crippen LogP contribution in [0.25, 0.3) is 10.9 Å². The lowest BCUT2D eigenvalue weighted by molar-refractivity contribution is -0.115. The van der Waals surface area contributed by atoms with Gasteiger partial charge in [-0.2, -0.15) is 8.78 Å². The fourth-order valence-electron chi connectivity index (χ4n) is 2.61. The number of ether oxygens (including phenoxy) is 2. The zero-order valence-electron chi connectivity index (χ0n) is 15.3. The number of nitrogens with one attached hydrogen (secondary N) is 2. The number of benzene rings is 2. The van der Waals surface area contributed by atoms with Crippen LogP contribution >= 0.6 is 0 Å². The van der Waals surface area contributed by atoms with E-state index in [9.17, 15) is 18.4 Å². The number of fused-ring (bicyclic) bond motifs is 1. The normalized spacial score (nSPS) is 10.6. The molecule has 3 aromatic rings. The van der Waals surface area contributed by atoms with E-state index in [1.165, 1.54) is 31.5 Å². The predicted molar refractivity (Wildman–Crippen MR) is 102 cm³/mol. The van der Waals surface area contributed by atoms with Gasteiger partial charge in [-0.25, -0.2) is 0 Å². The Morgan fingerprint density at radius 2 is 1.90 bits per heavy atom. The molecule has 2 amide bonds. The summed E-state index contributed by atoms with van der Waals surface area (Å²) < 4.78 is 34.0. The van der Waals surface area contributed by atoms with Crippen LogP contribution in [0.3, 0.4) is 0 Å². The van der Waals surface area contributed by atoms with Gasteiger partial charge in [-0.1, -0.05) is 18.2 Å². The predicted octanol–water partition coefficient (Wildman–Crippen LogP) is 3.21. The number of hydrogen-bond donors (Lipinski definition) is 2. The number of carbonyl (C=O) groups is 2. The smallest absolute Gasteiger partial charge is 0.387 e. The highest BCUT2D eigenvalue weighted by atomic mass is 19.3. The number of rotatable bonds is 7. The molecule has 7 nitrogen and oxygen atoms in total. The second kappa shape index (κ2) is 8.96. The van der Waals surface area contributed by atoms with Gasteiger partial charge in [0.25, 0.3) is 5.91 Å². The second-order valence-corrected chi connectivity index (χ2v) is 5.89. The van der Waals surface area contributed by atoms with Crippen LogP contribution in [0, 0.1) is 0 Å². The van der Waals surface area contributed by atoms with Gasteiger partial charge in [0.05, 0.1) is 31.1 Å². The van der Waals surface area contributed by atoms with Gasteiger partial charge in [0, 0.05) is 10.9 Å². The van der Waals surface area contributed by atoms with Gasteiger partial charge in [-0.3, -0.25) is 14.6 Å². The minimum absolute atomic E-state index is 0.0235. The quantitative estimate of drug-likeness (QED) is 0.635. The summed E-state index contributed by atoms with van der Waals surface area (Å²) in [6.07, 6.45) is 1.52. The van der Waals surface area contributed by atoms with Crippen molar-refractivity contribution in [1.82, 2.24) is 10.3 Å². The Labute approximate surface area is 164 Å². The summed E-state index contributed by atoms with van der Waals surface area (Å²) in [7, 11) is 1.26. The molecule has 0 spiro atoms. The van der Waals surface area contributed by atoms with Gasteiger partial charge >= 0.3 is 6.61 Å². The van der Waals surface area contributed by atoms with Crippen molar-refractivity contribution in [2.75, 3.05) is 19.0 Å². The van der Waals surface area contributed by atoms with Crippen LogP contribution in [-0.4, -0.2) is 37.1 Å². The summed E-state index contributed by atoms with van der Waals surface area (Å²) in [5.74, 6) is -1.23. The van der Waals surface area contributed by atoms with Gasteiger partial charge in [0.15, 0.2) is 11.5 Å². The number of amides is 2. The lowest BCUT2D eigenvalue weighted by atomic mass is 10.2. The number of anilines is 1. The highest BCUT2D eigenvalue weighted by molar-refractivity contribution is 6.00. The monoisotopic (exact) mass is 401 g/mol. The fraction of sp³-hybridized carbons (Fsp3) is 0.150. The van der Waals surface area contributed by atoms with E-state index < -0.39 is 18.4 Å². The molecule has 2 N–H and O–H groups in total. The zero-order chi connectivity index (χ0) is 20.8. The Morgan fingerprint density at radius 3 is 2.66 bits per heavy atom. The second-order valence-electron chi connectivity index (χ2n) is 5.89. The number of para-hydroxylation sites is 1. The number of nitrogens with zero attached hydrogens (tertiary/aromatic N) is 1. The molecule has 0 bridgehead atoms. The molecule has 9 heteroatoms. The third-order valence-corrected chi connectivity index (χ3v) is 3.93. The largest absolute Gasteiger partial charge is 0.493 e. The standard InChI is InChI=1S/C20H17F2N3O4/c1-28-17-9-13(6-7-16(17)29-20(21)22)19(27)24-11-18(26)25-14-8-12-4-2-3-5-15(12)23-10-14/h2-10,20H,11H2,1H3,(H,24,27)(H,25,26). The third-order valence-electron chi connectivity index (χ3n) is 3.93. The molecule has 150 valence electrons. The van der Waals surface area contributed by atoms with Crippen LogP contribution in [0.4, 0.5) is 14.5 Å². The van der Waals surface area contributed by atoms with E-state index in [0.717, 1.165) is 10.9 Å². The van der Waals surface area contributed by atoms with Crippen LogP contribution in [0.15, 0.2) is 54.7 Å². The van der Waals surface area contributed by atoms with E-state index in [2.05, 4.69) is 20.4 Å². The molecule has 0 radical (unpaired) electrons. The third kappa shape index (κ3) is 5.16. The van der Waals surface area contributed by atoms with Gasteiger partial charge in [-0.15, -0.1) is 0 Å². The van der Waals surface area contributed by atoms with Crippen LogP contribution < -0.4 is 20.1 Å². The fourth-order valence-corrected chi connectivity index (χ4v) is 2.61. The highest BCUT2D eigenvalue weighted by Crippen LogP contribution is 2.29. The zero-order valence-corrected chi connectivity index (χ0v) is 15.3.